The van der Waals surface area contributed by atoms with Crippen molar-refractivity contribution in [1.29, 1.82) is 0 Å². The first-order valence-electron chi connectivity index (χ1n) is 6.47. The number of phosphoric acid groups is 2. The van der Waals surface area contributed by atoms with Crippen LogP contribution in [0.15, 0.2) is 21.9 Å². The SMILES string of the molecule is O=c1ccn([C@@H]2O[C@@H](COP(=O)(O)OP(=O)(O)O)[C@H](O)[C@@H]2O)c(=O)[nH]1. The molecule has 0 aliphatic carbocycles. The van der Waals surface area contributed by atoms with E-state index in [1.54, 1.807) is 0 Å². The van der Waals surface area contributed by atoms with Crippen molar-refractivity contribution >= 4 is 15.6 Å². The van der Waals surface area contributed by atoms with E-state index in [2.05, 4.69) is 8.83 Å². The Balaban J connectivity index is 2.09. The quantitative estimate of drug-likeness (QED) is 0.269. The average molecular weight is 404 g/mol. The van der Waals surface area contributed by atoms with E-state index in [4.69, 9.17) is 19.4 Å². The summed E-state index contributed by atoms with van der Waals surface area (Å²) in [6, 6.07) is 0.962. The normalized spacial score (nSPS) is 29.5. The zero-order valence-corrected chi connectivity index (χ0v) is 13.9. The predicted molar refractivity (Wildman–Crippen MR) is 76.2 cm³/mol. The molecule has 0 radical (unpaired) electrons. The summed E-state index contributed by atoms with van der Waals surface area (Å²) in [5.74, 6) is 0. The lowest BCUT2D eigenvalue weighted by Crippen LogP contribution is -2.37. The standard InChI is InChI=1S/C9H14N2O12P2/c12-5-1-2-11(9(15)10-5)8-7(14)6(13)4(22-8)3-21-25(19,20)23-24(16,17)18/h1-2,4,6-8,13-14H,3H2,(H,19,20)(H,10,12,15)(H2,16,17,18)/t4-,6-,7-,8+/m0/s1. The molecular weight excluding hydrogens is 390 g/mol. The lowest BCUT2D eigenvalue weighted by atomic mass is 10.1. The van der Waals surface area contributed by atoms with Crippen LogP contribution in [0.2, 0.25) is 0 Å². The van der Waals surface area contributed by atoms with Crippen molar-refractivity contribution in [3.63, 3.8) is 0 Å². The van der Waals surface area contributed by atoms with Crippen LogP contribution in [0.1, 0.15) is 6.23 Å². The third kappa shape index (κ3) is 5.15. The maximum Gasteiger partial charge on any atom is 0.481 e. The molecule has 142 valence electrons. The van der Waals surface area contributed by atoms with Crippen LogP contribution in [0.25, 0.3) is 0 Å². The van der Waals surface area contributed by atoms with Crippen LogP contribution < -0.4 is 11.2 Å². The Bertz CT molecular complexity index is 828. The Morgan fingerprint density at radius 1 is 1.20 bits per heavy atom. The molecule has 1 fully saturated rings. The Hall–Kier alpha value is -1.18. The molecule has 1 unspecified atom stereocenters. The average Bonchev–Trinajstić information content (AvgIpc) is 2.71. The summed E-state index contributed by atoms with van der Waals surface area (Å²) in [7, 11) is -10.5. The van der Waals surface area contributed by atoms with Crippen LogP contribution >= 0.6 is 15.6 Å². The molecule has 1 aromatic rings. The molecule has 6 N–H and O–H groups in total. The fourth-order valence-electron chi connectivity index (χ4n) is 2.05. The summed E-state index contributed by atoms with van der Waals surface area (Å²) >= 11 is 0. The molecule has 1 saturated heterocycles. The Labute approximate surface area is 138 Å². The van der Waals surface area contributed by atoms with E-state index in [0.29, 0.717) is 0 Å². The lowest BCUT2D eigenvalue weighted by molar-refractivity contribution is -0.0542. The van der Waals surface area contributed by atoms with E-state index < -0.39 is 58.0 Å². The number of ether oxygens (including phenoxy) is 1. The molecule has 2 heterocycles. The van der Waals surface area contributed by atoms with Gasteiger partial charge < -0.3 is 29.6 Å². The van der Waals surface area contributed by atoms with Crippen LogP contribution in [0.5, 0.6) is 0 Å². The van der Waals surface area contributed by atoms with E-state index in [1.165, 1.54) is 0 Å². The van der Waals surface area contributed by atoms with Gasteiger partial charge in [-0.3, -0.25) is 18.9 Å². The predicted octanol–water partition coefficient (Wildman–Crippen LogP) is -2.62. The molecule has 0 spiro atoms. The Kier molecular flexibility index (Phi) is 5.81. The summed E-state index contributed by atoms with van der Waals surface area (Å²) in [6.45, 7) is -0.902. The maximum atomic E-state index is 11.7. The number of H-pyrrole nitrogens is 1. The highest BCUT2D eigenvalue weighted by Gasteiger charge is 2.45. The molecule has 16 heteroatoms. The van der Waals surface area contributed by atoms with Gasteiger partial charge in [-0.15, -0.1) is 0 Å². The van der Waals surface area contributed by atoms with E-state index in [1.807, 2.05) is 4.98 Å². The zero-order valence-electron chi connectivity index (χ0n) is 12.1. The number of aromatic amines is 1. The van der Waals surface area contributed by atoms with Gasteiger partial charge in [-0.25, -0.2) is 13.9 Å². The summed E-state index contributed by atoms with van der Waals surface area (Å²) in [6.07, 6.45) is -5.25. The fourth-order valence-corrected chi connectivity index (χ4v) is 3.65. The number of hydrogen-bond donors (Lipinski definition) is 6. The minimum atomic E-state index is -5.32. The number of aliphatic hydroxyl groups excluding tert-OH is 2. The van der Waals surface area contributed by atoms with Crippen LogP contribution in [-0.4, -0.2) is 59.4 Å². The number of rotatable bonds is 6. The summed E-state index contributed by atoms with van der Waals surface area (Å²) in [5.41, 5.74) is -1.65. The van der Waals surface area contributed by atoms with E-state index >= 15 is 0 Å². The first kappa shape index (κ1) is 20.1. The van der Waals surface area contributed by atoms with Crippen molar-refractivity contribution in [2.45, 2.75) is 24.5 Å². The number of nitrogens with one attached hydrogen (secondary N) is 1. The van der Waals surface area contributed by atoms with Gasteiger partial charge in [0.2, 0.25) is 0 Å². The summed E-state index contributed by atoms with van der Waals surface area (Å²) in [5, 5.41) is 19.8. The highest BCUT2D eigenvalue weighted by atomic mass is 31.3. The van der Waals surface area contributed by atoms with Crippen molar-refractivity contribution < 1.29 is 47.6 Å². The minimum Gasteiger partial charge on any atom is -0.387 e. The van der Waals surface area contributed by atoms with Gasteiger partial charge in [-0.2, -0.15) is 4.31 Å². The molecular formula is C9H14N2O12P2. The first-order valence-corrected chi connectivity index (χ1v) is 9.49. The van der Waals surface area contributed by atoms with Crippen molar-refractivity contribution in [3.05, 3.63) is 33.1 Å². The van der Waals surface area contributed by atoms with Gasteiger partial charge in [0, 0.05) is 12.3 Å². The Morgan fingerprint density at radius 2 is 1.84 bits per heavy atom. The number of aliphatic hydroxyl groups is 2. The summed E-state index contributed by atoms with van der Waals surface area (Å²) < 4.78 is 35.6. The Morgan fingerprint density at radius 3 is 2.40 bits per heavy atom. The molecule has 0 bridgehead atoms. The number of nitrogens with zero attached hydrogens (tertiary/aromatic N) is 1. The van der Waals surface area contributed by atoms with Gasteiger partial charge in [0.25, 0.3) is 5.56 Å². The third-order valence-corrected chi connectivity index (χ3v) is 5.23. The van der Waals surface area contributed by atoms with Gasteiger partial charge >= 0.3 is 21.3 Å². The van der Waals surface area contributed by atoms with Gasteiger partial charge in [0.05, 0.1) is 6.61 Å². The second-order valence-corrected chi connectivity index (χ2v) is 7.73. The second kappa shape index (κ2) is 7.21. The van der Waals surface area contributed by atoms with Gasteiger partial charge in [0.15, 0.2) is 6.23 Å². The monoisotopic (exact) mass is 404 g/mol. The van der Waals surface area contributed by atoms with Gasteiger partial charge in [-0.05, 0) is 0 Å². The smallest absolute Gasteiger partial charge is 0.387 e. The molecule has 1 aliphatic rings. The molecule has 0 saturated carbocycles. The second-order valence-electron chi connectivity index (χ2n) is 4.90. The van der Waals surface area contributed by atoms with Crippen molar-refractivity contribution in [3.8, 4) is 0 Å². The van der Waals surface area contributed by atoms with E-state index in [-0.39, 0.29) is 0 Å². The first-order chi connectivity index (χ1) is 11.4. The van der Waals surface area contributed by atoms with Crippen molar-refractivity contribution in [2.75, 3.05) is 6.61 Å². The van der Waals surface area contributed by atoms with Crippen LogP contribution in [0, 0.1) is 0 Å². The van der Waals surface area contributed by atoms with Crippen LogP contribution in [0.3, 0.4) is 0 Å². The molecule has 2 rings (SSSR count). The molecule has 0 amide bonds. The molecule has 0 aromatic carbocycles. The highest BCUT2D eigenvalue weighted by Crippen LogP contribution is 2.57. The van der Waals surface area contributed by atoms with Crippen LogP contribution in [0.4, 0.5) is 0 Å². The van der Waals surface area contributed by atoms with E-state index in [9.17, 15) is 28.9 Å². The number of phosphoric ester groups is 1. The minimum absolute atomic E-state index is 0.704. The number of aromatic nitrogens is 2. The molecule has 1 aliphatic heterocycles. The van der Waals surface area contributed by atoms with Gasteiger partial charge in [0.1, 0.15) is 18.3 Å². The van der Waals surface area contributed by atoms with Crippen LogP contribution in [-0.2, 0) is 22.7 Å². The molecule has 14 nitrogen and oxygen atoms in total. The number of hydrogen-bond acceptors (Lipinski definition) is 9. The zero-order chi connectivity index (χ0) is 19.0. The van der Waals surface area contributed by atoms with Crippen molar-refractivity contribution in [2.24, 2.45) is 0 Å². The highest BCUT2D eigenvalue weighted by molar-refractivity contribution is 7.60. The fraction of sp³-hybridized carbons (Fsp3) is 0.556. The largest absolute Gasteiger partial charge is 0.481 e. The van der Waals surface area contributed by atoms with Crippen molar-refractivity contribution in [1.82, 2.24) is 9.55 Å². The van der Waals surface area contributed by atoms with Gasteiger partial charge in [-0.1, -0.05) is 0 Å². The molecule has 1 aromatic heterocycles. The topological polar surface area (TPSA) is 218 Å². The molecule has 25 heavy (non-hydrogen) atoms. The maximum absolute atomic E-state index is 11.7. The third-order valence-electron chi connectivity index (χ3n) is 3.07. The molecule has 5 atom stereocenters. The summed E-state index contributed by atoms with van der Waals surface area (Å²) in [4.78, 5) is 50.7. The van der Waals surface area contributed by atoms with E-state index in [0.717, 1.165) is 16.8 Å². The lowest BCUT2D eigenvalue weighted by Gasteiger charge is -2.17.